The van der Waals surface area contributed by atoms with Crippen molar-refractivity contribution in [3.8, 4) is 0 Å². The van der Waals surface area contributed by atoms with Gasteiger partial charge in [0, 0.05) is 10.6 Å². The first-order valence-corrected chi connectivity index (χ1v) is 4.22. The molecule has 5 heteroatoms. The minimum Gasteiger partial charge on any atom is -0.298 e. The summed E-state index contributed by atoms with van der Waals surface area (Å²) in [5, 5.41) is 0.274. The number of rotatable bonds is 1. The highest BCUT2D eigenvalue weighted by Gasteiger charge is 2.41. The van der Waals surface area contributed by atoms with E-state index in [1.165, 1.54) is 0 Å². The van der Waals surface area contributed by atoms with Crippen LogP contribution in [0.3, 0.4) is 0 Å². The minimum atomic E-state index is -4.22. The molecule has 0 aliphatic heterocycles. The summed E-state index contributed by atoms with van der Waals surface area (Å²) in [6, 6.07) is 0. The van der Waals surface area contributed by atoms with E-state index >= 15 is 0 Å². The fourth-order valence-electron chi connectivity index (χ4n) is 1.33. The van der Waals surface area contributed by atoms with E-state index in [9.17, 15) is 18.0 Å². The summed E-state index contributed by atoms with van der Waals surface area (Å²) >= 11 is 5.58. The number of alkyl halides is 3. The second-order valence-corrected chi connectivity index (χ2v) is 3.49. The van der Waals surface area contributed by atoms with Crippen molar-refractivity contribution in [3.63, 3.8) is 0 Å². The van der Waals surface area contributed by atoms with Gasteiger partial charge in [-0.3, -0.25) is 4.79 Å². The van der Waals surface area contributed by atoms with Gasteiger partial charge in [0.05, 0.1) is 5.92 Å². The lowest BCUT2D eigenvalue weighted by Gasteiger charge is -2.24. The van der Waals surface area contributed by atoms with Crippen molar-refractivity contribution in [2.75, 3.05) is 0 Å². The van der Waals surface area contributed by atoms with E-state index < -0.39 is 12.1 Å². The molecule has 0 spiro atoms. The molecule has 0 aromatic heterocycles. The van der Waals surface area contributed by atoms with E-state index in [0.29, 0.717) is 6.29 Å². The van der Waals surface area contributed by atoms with Crippen LogP contribution in [0.25, 0.3) is 0 Å². The standard InChI is InChI=1S/C8H8ClF3O/c9-7-2-1-6(8(10,11)12)3-5(7)4-13/h4,6H,1-3H2. The average molecular weight is 213 g/mol. The highest BCUT2D eigenvalue weighted by molar-refractivity contribution is 6.31. The number of halogens is 4. The van der Waals surface area contributed by atoms with Crippen LogP contribution in [0.2, 0.25) is 0 Å². The average Bonchev–Trinajstić information content (AvgIpc) is 2.03. The van der Waals surface area contributed by atoms with Crippen LogP contribution in [-0.2, 0) is 4.79 Å². The maximum atomic E-state index is 12.2. The van der Waals surface area contributed by atoms with E-state index in [4.69, 9.17) is 11.6 Å². The number of carbonyl (C=O) groups excluding carboxylic acids is 1. The Hall–Kier alpha value is -0.510. The van der Waals surface area contributed by atoms with Gasteiger partial charge in [0.15, 0.2) is 0 Å². The molecule has 1 aliphatic rings. The Labute approximate surface area is 78.6 Å². The quantitative estimate of drug-likeness (QED) is 0.611. The summed E-state index contributed by atoms with van der Waals surface area (Å²) in [5.41, 5.74) is 0.0928. The summed E-state index contributed by atoms with van der Waals surface area (Å²) < 4.78 is 36.6. The Bertz CT molecular complexity index is 244. The molecule has 1 unspecified atom stereocenters. The van der Waals surface area contributed by atoms with Crippen molar-refractivity contribution in [3.05, 3.63) is 10.6 Å². The van der Waals surface area contributed by atoms with E-state index in [0.717, 1.165) is 0 Å². The van der Waals surface area contributed by atoms with Crippen molar-refractivity contribution in [2.45, 2.75) is 25.4 Å². The fraction of sp³-hybridized carbons (Fsp3) is 0.625. The van der Waals surface area contributed by atoms with Crippen LogP contribution in [0, 0.1) is 5.92 Å². The van der Waals surface area contributed by atoms with Crippen molar-refractivity contribution in [1.29, 1.82) is 0 Å². The van der Waals surface area contributed by atoms with Crippen LogP contribution in [0.1, 0.15) is 19.3 Å². The van der Waals surface area contributed by atoms with Crippen LogP contribution in [-0.4, -0.2) is 12.5 Å². The molecule has 0 N–H and O–H groups in total. The highest BCUT2D eigenvalue weighted by Crippen LogP contribution is 2.40. The number of hydrogen-bond donors (Lipinski definition) is 0. The predicted molar refractivity (Wildman–Crippen MR) is 42.3 cm³/mol. The molecule has 0 heterocycles. The third kappa shape index (κ3) is 2.46. The van der Waals surface area contributed by atoms with Crippen LogP contribution in [0.4, 0.5) is 13.2 Å². The van der Waals surface area contributed by atoms with Crippen molar-refractivity contribution in [2.24, 2.45) is 5.92 Å². The molecule has 0 fully saturated rings. The molecule has 0 amide bonds. The van der Waals surface area contributed by atoms with Crippen molar-refractivity contribution >= 4 is 17.9 Å². The normalized spacial score (nSPS) is 24.8. The monoisotopic (exact) mass is 212 g/mol. The molecule has 0 bridgehead atoms. The summed E-state index contributed by atoms with van der Waals surface area (Å²) in [5.74, 6) is -1.41. The molecule has 74 valence electrons. The topological polar surface area (TPSA) is 17.1 Å². The van der Waals surface area contributed by atoms with Crippen LogP contribution < -0.4 is 0 Å². The highest BCUT2D eigenvalue weighted by atomic mass is 35.5. The molecular formula is C8H8ClF3O. The lowest BCUT2D eigenvalue weighted by atomic mass is 9.89. The number of aldehydes is 1. The smallest absolute Gasteiger partial charge is 0.298 e. The lowest BCUT2D eigenvalue weighted by Crippen LogP contribution is -2.26. The van der Waals surface area contributed by atoms with E-state index in [1.54, 1.807) is 0 Å². The van der Waals surface area contributed by atoms with Gasteiger partial charge in [0.2, 0.25) is 0 Å². The molecule has 1 atom stereocenters. The predicted octanol–water partition coefficient (Wildman–Crippen LogP) is 3.04. The molecule has 1 rings (SSSR count). The molecule has 0 aromatic rings. The molecule has 0 aromatic carbocycles. The third-order valence-electron chi connectivity index (χ3n) is 2.13. The van der Waals surface area contributed by atoms with Crippen molar-refractivity contribution < 1.29 is 18.0 Å². The maximum Gasteiger partial charge on any atom is 0.392 e. The Morgan fingerprint density at radius 2 is 2.08 bits per heavy atom. The zero-order valence-electron chi connectivity index (χ0n) is 6.70. The van der Waals surface area contributed by atoms with Gasteiger partial charge in [0.1, 0.15) is 6.29 Å². The Balaban J connectivity index is 2.76. The van der Waals surface area contributed by atoms with E-state index in [2.05, 4.69) is 0 Å². The van der Waals surface area contributed by atoms with Crippen LogP contribution >= 0.6 is 11.6 Å². The molecule has 1 aliphatic carbocycles. The van der Waals surface area contributed by atoms with Crippen LogP contribution in [0.15, 0.2) is 10.6 Å². The second-order valence-electron chi connectivity index (χ2n) is 3.03. The van der Waals surface area contributed by atoms with Gasteiger partial charge in [-0.1, -0.05) is 11.6 Å². The first-order chi connectivity index (χ1) is 5.95. The van der Waals surface area contributed by atoms with Gasteiger partial charge < -0.3 is 0 Å². The summed E-state index contributed by atoms with van der Waals surface area (Å²) in [7, 11) is 0. The Morgan fingerprint density at radius 1 is 1.46 bits per heavy atom. The van der Waals surface area contributed by atoms with Gasteiger partial charge in [-0.2, -0.15) is 13.2 Å². The summed E-state index contributed by atoms with van der Waals surface area (Å²) in [4.78, 5) is 10.3. The lowest BCUT2D eigenvalue weighted by molar-refractivity contribution is -0.176. The minimum absolute atomic E-state index is 0.0142. The second kappa shape index (κ2) is 3.70. The molecule has 13 heavy (non-hydrogen) atoms. The molecule has 1 nitrogen and oxygen atoms in total. The largest absolute Gasteiger partial charge is 0.392 e. The number of hydrogen-bond acceptors (Lipinski definition) is 1. The Morgan fingerprint density at radius 3 is 2.54 bits per heavy atom. The number of allylic oxidation sites excluding steroid dienone is 2. The molecule has 0 saturated heterocycles. The number of carbonyl (C=O) groups is 1. The molecule has 0 radical (unpaired) electrons. The van der Waals surface area contributed by atoms with Gasteiger partial charge in [-0.05, 0) is 19.3 Å². The first kappa shape index (κ1) is 10.6. The van der Waals surface area contributed by atoms with Crippen LogP contribution in [0.5, 0.6) is 0 Å². The maximum absolute atomic E-state index is 12.2. The van der Waals surface area contributed by atoms with Crippen molar-refractivity contribution in [1.82, 2.24) is 0 Å². The van der Waals surface area contributed by atoms with Gasteiger partial charge in [-0.15, -0.1) is 0 Å². The summed E-state index contributed by atoms with van der Waals surface area (Å²) in [6.07, 6.45) is -3.93. The van der Waals surface area contributed by atoms with E-state index in [1.807, 2.05) is 0 Å². The summed E-state index contributed by atoms with van der Waals surface area (Å²) in [6.45, 7) is 0. The fourth-order valence-corrected chi connectivity index (χ4v) is 1.56. The van der Waals surface area contributed by atoms with Gasteiger partial charge >= 0.3 is 6.18 Å². The van der Waals surface area contributed by atoms with E-state index in [-0.39, 0.29) is 29.9 Å². The SMILES string of the molecule is O=CC1=C(Cl)CCC(C(F)(F)F)C1. The third-order valence-corrected chi connectivity index (χ3v) is 2.56. The molecule has 0 saturated carbocycles. The zero-order chi connectivity index (χ0) is 10.1. The van der Waals surface area contributed by atoms with Gasteiger partial charge in [0.25, 0.3) is 0 Å². The van der Waals surface area contributed by atoms with Gasteiger partial charge in [-0.25, -0.2) is 0 Å². The molecular weight excluding hydrogens is 205 g/mol. The zero-order valence-corrected chi connectivity index (χ0v) is 7.45. The Kier molecular flexibility index (Phi) is 3.01. The first-order valence-electron chi connectivity index (χ1n) is 3.84.